The van der Waals surface area contributed by atoms with E-state index in [0.29, 0.717) is 24.8 Å². The van der Waals surface area contributed by atoms with Crippen molar-refractivity contribution in [1.82, 2.24) is 4.98 Å². The molecule has 0 bridgehead atoms. The average molecular weight is 351 g/mol. The van der Waals surface area contributed by atoms with Crippen molar-refractivity contribution in [1.29, 1.82) is 0 Å². The number of hydrogen-bond acceptors (Lipinski definition) is 2. The molecule has 0 spiro atoms. The van der Waals surface area contributed by atoms with Crippen LogP contribution in [0.4, 0.5) is 8.78 Å². The molecule has 1 aromatic rings. The number of aromatic nitrogens is 1. The largest absolute Gasteiger partial charge is 0.281 e. The first kappa shape index (κ1) is 19.2. The van der Waals surface area contributed by atoms with Gasteiger partial charge in [-0.05, 0) is 50.7 Å². The molecule has 1 unspecified atom stereocenters. The molecule has 3 nitrogen and oxygen atoms in total. The maximum Gasteiger partial charge on any atom is 0.281 e. The molecule has 0 aliphatic rings. The first-order valence-electron chi connectivity index (χ1n) is 6.90. The topological polar surface area (TPSA) is 56.0 Å². The molecular weight excluding hydrogens is 330 g/mol. The summed E-state index contributed by atoms with van der Waals surface area (Å²) in [6.07, 6.45) is 2.18. The minimum absolute atomic E-state index is 0.0230. The maximum absolute atomic E-state index is 13.0. The van der Waals surface area contributed by atoms with Gasteiger partial charge in [-0.3, -0.25) is 10.1 Å². The van der Waals surface area contributed by atoms with Crippen molar-refractivity contribution in [3.63, 3.8) is 0 Å². The van der Waals surface area contributed by atoms with Crippen LogP contribution in [0.3, 0.4) is 0 Å². The summed E-state index contributed by atoms with van der Waals surface area (Å²) in [6.45, 7) is 7.25. The van der Waals surface area contributed by atoms with Crippen molar-refractivity contribution in [2.45, 2.75) is 50.2 Å². The van der Waals surface area contributed by atoms with Gasteiger partial charge >= 0.3 is 0 Å². The third kappa shape index (κ3) is 4.83. The molecule has 0 amide bonds. The number of nitrogens with zero attached hydrogens (tertiary/aromatic N) is 1. The predicted molar refractivity (Wildman–Crippen MR) is 87.4 cm³/mol. The molecule has 0 aliphatic carbocycles. The molecule has 0 aliphatic heterocycles. The fourth-order valence-corrected chi connectivity index (χ4v) is 3.02. The zero-order valence-corrected chi connectivity index (χ0v) is 14.3. The van der Waals surface area contributed by atoms with Gasteiger partial charge in [0.15, 0.2) is 0 Å². The summed E-state index contributed by atoms with van der Waals surface area (Å²) < 4.78 is 36.9. The second-order valence-electron chi connectivity index (χ2n) is 5.72. The van der Waals surface area contributed by atoms with E-state index in [1.54, 1.807) is 26.0 Å². The summed E-state index contributed by atoms with van der Waals surface area (Å²) in [5.74, 6) is -0.145. The number of allylic oxidation sites excluding steroid dienone is 1. The summed E-state index contributed by atoms with van der Waals surface area (Å²) in [5.41, 5.74) is 0.168. The molecule has 1 aromatic heterocycles. The van der Waals surface area contributed by atoms with Crippen LogP contribution in [0.25, 0.3) is 0 Å². The molecular formula is C15H21ClF2N2OS. The Morgan fingerprint density at radius 2 is 2.18 bits per heavy atom. The van der Waals surface area contributed by atoms with Crippen LogP contribution in [0.5, 0.6) is 0 Å². The van der Waals surface area contributed by atoms with Crippen LogP contribution in [-0.2, 0) is 11.0 Å². The van der Waals surface area contributed by atoms with Gasteiger partial charge in [0.1, 0.15) is 5.69 Å². The molecule has 0 saturated heterocycles. The highest BCUT2D eigenvalue weighted by molar-refractivity contribution is 7.84. The van der Waals surface area contributed by atoms with Crippen LogP contribution in [0.15, 0.2) is 24.9 Å². The Hall–Kier alpha value is -0.850. The summed E-state index contributed by atoms with van der Waals surface area (Å²) in [4.78, 5) is 3.65. The molecule has 2 N–H and O–H groups in total. The molecule has 0 radical (unpaired) electrons. The van der Waals surface area contributed by atoms with Crippen molar-refractivity contribution in [2.75, 3.05) is 0 Å². The monoisotopic (exact) mass is 350 g/mol. The first-order chi connectivity index (χ1) is 10.2. The van der Waals surface area contributed by atoms with E-state index in [4.69, 9.17) is 16.7 Å². The Morgan fingerprint density at radius 3 is 2.68 bits per heavy atom. The zero-order chi connectivity index (χ0) is 16.9. The summed E-state index contributed by atoms with van der Waals surface area (Å²) >= 11 is 6.11. The van der Waals surface area contributed by atoms with Gasteiger partial charge in [-0.25, -0.2) is 13.0 Å². The van der Waals surface area contributed by atoms with Gasteiger partial charge in [0, 0.05) is 6.20 Å². The SMILES string of the molecule is C=CCC[C@H](CC(C)(C)S(N)=O)c1ccnc(C(F)F)c1Cl. The van der Waals surface area contributed by atoms with Crippen molar-refractivity contribution in [3.8, 4) is 0 Å². The summed E-state index contributed by atoms with van der Waals surface area (Å²) in [7, 11) is -1.53. The molecule has 0 fully saturated rings. The lowest BCUT2D eigenvalue weighted by Gasteiger charge is -2.28. The number of pyridine rings is 1. The minimum atomic E-state index is -2.73. The van der Waals surface area contributed by atoms with E-state index in [1.807, 2.05) is 0 Å². The van der Waals surface area contributed by atoms with E-state index >= 15 is 0 Å². The standard InChI is InChI=1S/C15H21ClF2N2OS/c1-4-5-6-10(9-15(2,3)22(19)21)11-7-8-20-13(12(11)16)14(17)18/h4,7-8,10,14H,1,5-6,9,19H2,2-3H3/t10-,22?/m1/s1. The lowest BCUT2D eigenvalue weighted by molar-refractivity contribution is 0.146. The van der Waals surface area contributed by atoms with E-state index in [2.05, 4.69) is 11.6 Å². The van der Waals surface area contributed by atoms with E-state index in [9.17, 15) is 13.0 Å². The number of nitrogens with two attached hydrogens (primary N) is 1. The highest BCUT2D eigenvalue weighted by atomic mass is 35.5. The summed E-state index contributed by atoms with van der Waals surface area (Å²) in [6, 6.07) is 1.64. The number of alkyl halides is 2. The molecule has 7 heteroatoms. The maximum atomic E-state index is 13.0. The molecule has 0 saturated carbocycles. The van der Waals surface area contributed by atoms with Crippen LogP contribution in [0.2, 0.25) is 5.02 Å². The molecule has 2 atom stereocenters. The number of rotatable bonds is 8. The van der Waals surface area contributed by atoms with Crippen LogP contribution in [-0.4, -0.2) is 13.9 Å². The van der Waals surface area contributed by atoms with Crippen molar-refractivity contribution in [2.24, 2.45) is 5.14 Å². The summed E-state index contributed by atoms with van der Waals surface area (Å²) in [5, 5.41) is 5.51. The highest BCUT2D eigenvalue weighted by Gasteiger charge is 2.30. The van der Waals surface area contributed by atoms with Crippen LogP contribution >= 0.6 is 11.6 Å². The fraction of sp³-hybridized carbons (Fsp3) is 0.533. The Kier molecular flexibility index (Phi) is 7.09. The second kappa shape index (κ2) is 8.13. The molecule has 124 valence electrons. The predicted octanol–water partition coefficient (Wildman–Crippen LogP) is 4.51. The van der Waals surface area contributed by atoms with Crippen molar-refractivity contribution in [3.05, 3.63) is 41.2 Å². The van der Waals surface area contributed by atoms with Gasteiger partial charge in [-0.1, -0.05) is 17.7 Å². The van der Waals surface area contributed by atoms with Crippen molar-refractivity contribution < 1.29 is 13.0 Å². The van der Waals surface area contributed by atoms with Gasteiger partial charge in [-0.2, -0.15) is 0 Å². The fourth-order valence-electron chi connectivity index (χ4n) is 2.31. The number of halogens is 3. The number of hydrogen-bond donors (Lipinski definition) is 1. The van der Waals surface area contributed by atoms with E-state index < -0.39 is 27.9 Å². The lowest BCUT2D eigenvalue weighted by Crippen LogP contribution is -2.33. The third-order valence-corrected chi connectivity index (χ3v) is 5.26. The third-order valence-electron chi connectivity index (χ3n) is 3.59. The Labute approximate surface area is 137 Å². The molecule has 1 rings (SSSR count). The van der Waals surface area contributed by atoms with Gasteiger partial charge in [0.05, 0.1) is 20.8 Å². The van der Waals surface area contributed by atoms with Gasteiger partial charge < -0.3 is 0 Å². The Bertz CT molecular complexity index is 552. The lowest BCUT2D eigenvalue weighted by atomic mass is 9.86. The van der Waals surface area contributed by atoms with Gasteiger partial charge in [-0.15, -0.1) is 6.58 Å². The van der Waals surface area contributed by atoms with Crippen LogP contribution < -0.4 is 5.14 Å². The van der Waals surface area contributed by atoms with E-state index in [1.165, 1.54) is 6.20 Å². The smallest absolute Gasteiger partial charge is 0.254 e. The Balaban J connectivity index is 3.20. The molecule has 22 heavy (non-hydrogen) atoms. The quantitative estimate of drug-likeness (QED) is 0.701. The second-order valence-corrected chi connectivity index (χ2v) is 7.80. The Morgan fingerprint density at radius 1 is 1.55 bits per heavy atom. The molecule has 1 heterocycles. The van der Waals surface area contributed by atoms with Crippen LogP contribution in [0, 0.1) is 0 Å². The van der Waals surface area contributed by atoms with Gasteiger partial charge in [0.2, 0.25) is 0 Å². The van der Waals surface area contributed by atoms with E-state index in [-0.39, 0.29) is 10.9 Å². The van der Waals surface area contributed by atoms with E-state index in [0.717, 1.165) is 0 Å². The van der Waals surface area contributed by atoms with Gasteiger partial charge in [0.25, 0.3) is 6.43 Å². The average Bonchev–Trinajstić information content (AvgIpc) is 2.43. The highest BCUT2D eigenvalue weighted by Crippen LogP contribution is 2.38. The van der Waals surface area contributed by atoms with Crippen molar-refractivity contribution >= 4 is 22.6 Å². The zero-order valence-electron chi connectivity index (χ0n) is 12.7. The normalized spacial score (nSPS) is 14.9. The first-order valence-corrected chi connectivity index (χ1v) is 8.49. The minimum Gasteiger partial charge on any atom is -0.254 e. The van der Waals surface area contributed by atoms with Crippen LogP contribution in [0.1, 0.15) is 56.7 Å². The molecule has 0 aromatic carbocycles.